The monoisotopic (exact) mass is 291 g/mol. The number of thiazole rings is 1. The SMILES string of the molecule is CCCC(c1nc(-c2ccoc2)cs1)N1CCNCC1. The molecule has 1 aliphatic rings. The predicted octanol–water partition coefficient (Wildman–Crippen LogP) is 3.15. The summed E-state index contributed by atoms with van der Waals surface area (Å²) in [4.78, 5) is 7.41. The van der Waals surface area contributed by atoms with Crippen molar-refractivity contribution < 1.29 is 4.42 Å². The lowest BCUT2D eigenvalue weighted by Crippen LogP contribution is -2.45. The molecule has 108 valence electrons. The molecule has 3 rings (SSSR count). The van der Waals surface area contributed by atoms with Gasteiger partial charge in [-0.2, -0.15) is 0 Å². The van der Waals surface area contributed by atoms with Crippen molar-refractivity contribution in [1.82, 2.24) is 15.2 Å². The van der Waals surface area contributed by atoms with E-state index in [-0.39, 0.29) is 0 Å². The van der Waals surface area contributed by atoms with Gasteiger partial charge < -0.3 is 9.73 Å². The fraction of sp³-hybridized carbons (Fsp3) is 0.533. The minimum atomic E-state index is 0.466. The Kier molecular flexibility index (Phi) is 4.50. The smallest absolute Gasteiger partial charge is 0.110 e. The summed E-state index contributed by atoms with van der Waals surface area (Å²) in [6.45, 7) is 6.65. The lowest BCUT2D eigenvalue weighted by atomic mass is 10.1. The van der Waals surface area contributed by atoms with Crippen molar-refractivity contribution >= 4 is 11.3 Å². The highest BCUT2D eigenvalue weighted by Gasteiger charge is 2.24. The summed E-state index contributed by atoms with van der Waals surface area (Å²) >= 11 is 1.77. The average molecular weight is 291 g/mol. The molecule has 0 aromatic carbocycles. The zero-order valence-electron chi connectivity index (χ0n) is 11.8. The molecule has 3 heterocycles. The van der Waals surface area contributed by atoms with Crippen LogP contribution in [-0.2, 0) is 0 Å². The van der Waals surface area contributed by atoms with Crippen LogP contribution in [0.3, 0.4) is 0 Å². The predicted molar refractivity (Wildman–Crippen MR) is 81.9 cm³/mol. The lowest BCUT2D eigenvalue weighted by molar-refractivity contribution is 0.164. The first kappa shape index (κ1) is 13.8. The van der Waals surface area contributed by atoms with Crippen molar-refractivity contribution in [2.45, 2.75) is 25.8 Å². The first-order valence-electron chi connectivity index (χ1n) is 7.31. The van der Waals surface area contributed by atoms with Crippen molar-refractivity contribution in [3.8, 4) is 11.3 Å². The maximum absolute atomic E-state index is 5.15. The summed E-state index contributed by atoms with van der Waals surface area (Å²) in [7, 11) is 0. The van der Waals surface area contributed by atoms with E-state index in [9.17, 15) is 0 Å². The summed E-state index contributed by atoms with van der Waals surface area (Å²) in [6, 6.07) is 2.44. The van der Waals surface area contributed by atoms with E-state index in [0.29, 0.717) is 6.04 Å². The van der Waals surface area contributed by atoms with Crippen LogP contribution in [0.5, 0.6) is 0 Å². The number of aromatic nitrogens is 1. The van der Waals surface area contributed by atoms with E-state index >= 15 is 0 Å². The Morgan fingerprint density at radius 1 is 1.45 bits per heavy atom. The van der Waals surface area contributed by atoms with Crippen LogP contribution in [0.15, 0.2) is 28.4 Å². The molecule has 20 heavy (non-hydrogen) atoms. The van der Waals surface area contributed by atoms with Gasteiger partial charge >= 0.3 is 0 Å². The topological polar surface area (TPSA) is 41.3 Å². The fourth-order valence-electron chi connectivity index (χ4n) is 2.71. The second-order valence-electron chi connectivity index (χ2n) is 5.17. The summed E-state index contributed by atoms with van der Waals surface area (Å²) in [6.07, 6.45) is 5.83. The highest BCUT2D eigenvalue weighted by molar-refractivity contribution is 7.10. The number of hydrogen-bond donors (Lipinski definition) is 1. The van der Waals surface area contributed by atoms with E-state index in [4.69, 9.17) is 9.40 Å². The largest absolute Gasteiger partial charge is 0.472 e. The van der Waals surface area contributed by atoms with Gasteiger partial charge in [-0.05, 0) is 12.5 Å². The third-order valence-electron chi connectivity index (χ3n) is 3.78. The zero-order chi connectivity index (χ0) is 13.8. The molecule has 1 saturated heterocycles. The Balaban J connectivity index is 1.80. The van der Waals surface area contributed by atoms with Gasteiger partial charge in [0.2, 0.25) is 0 Å². The first-order chi connectivity index (χ1) is 9.88. The Hall–Kier alpha value is -1.17. The Bertz CT molecular complexity index is 517. The normalized spacial score (nSPS) is 18.2. The maximum Gasteiger partial charge on any atom is 0.110 e. The van der Waals surface area contributed by atoms with Crippen LogP contribution in [0, 0.1) is 0 Å². The van der Waals surface area contributed by atoms with Crippen LogP contribution < -0.4 is 5.32 Å². The van der Waals surface area contributed by atoms with Crippen LogP contribution in [0.4, 0.5) is 0 Å². The lowest BCUT2D eigenvalue weighted by Gasteiger charge is -2.33. The van der Waals surface area contributed by atoms with Crippen LogP contribution >= 0.6 is 11.3 Å². The number of hydrogen-bond acceptors (Lipinski definition) is 5. The van der Waals surface area contributed by atoms with E-state index in [1.165, 1.54) is 17.8 Å². The standard InChI is InChI=1S/C15H21N3OS/c1-2-3-14(18-7-5-16-6-8-18)15-17-13(11-20-15)12-4-9-19-10-12/h4,9-11,14,16H,2-3,5-8H2,1H3. The Morgan fingerprint density at radius 3 is 3.00 bits per heavy atom. The quantitative estimate of drug-likeness (QED) is 0.919. The number of nitrogens with one attached hydrogen (secondary N) is 1. The van der Waals surface area contributed by atoms with Gasteiger partial charge in [0, 0.05) is 37.1 Å². The molecule has 0 spiro atoms. The summed E-state index contributed by atoms with van der Waals surface area (Å²) in [5, 5.41) is 6.80. The minimum Gasteiger partial charge on any atom is -0.472 e. The molecule has 0 aliphatic carbocycles. The van der Waals surface area contributed by atoms with E-state index in [0.717, 1.165) is 37.4 Å². The molecule has 0 bridgehead atoms. The summed E-state index contributed by atoms with van der Waals surface area (Å²) < 4.78 is 5.15. The molecule has 5 heteroatoms. The molecule has 2 aromatic heterocycles. The van der Waals surface area contributed by atoms with Gasteiger partial charge in [0.05, 0.1) is 24.3 Å². The minimum absolute atomic E-state index is 0.466. The van der Waals surface area contributed by atoms with Crippen molar-refractivity contribution in [3.05, 3.63) is 29.0 Å². The molecule has 0 saturated carbocycles. The number of nitrogens with zero attached hydrogens (tertiary/aromatic N) is 2. The van der Waals surface area contributed by atoms with Crippen LogP contribution in [0.25, 0.3) is 11.3 Å². The van der Waals surface area contributed by atoms with Crippen molar-refractivity contribution in [2.75, 3.05) is 26.2 Å². The van der Waals surface area contributed by atoms with E-state index < -0.39 is 0 Å². The molecule has 1 N–H and O–H groups in total. The van der Waals surface area contributed by atoms with Gasteiger partial charge in [0.25, 0.3) is 0 Å². The van der Waals surface area contributed by atoms with Crippen molar-refractivity contribution in [3.63, 3.8) is 0 Å². The average Bonchev–Trinajstić information content (AvgIpc) is 3.16. The third kappa shape index (κ3) is 2.95. The number of piperazine rings is 1. The zero-order valence-corrected chi connectivity index (χ0v) is 12.7. The summed E-state index contributed by atoms with van der Waals surface area (Å²) in [5.41, 5.74) is 2.11. The molecule has 1 aliphatic heterocycles. The number of rotatable bonds is 5. The highest BCUT2D eigenvalue weighted by Crippen LogP contribution is 2.31. The molecule has 2 aromatic rings. The van der Waals surface area contributed by atoms with Gasteiger partial charge in [0.15, 0.2) is 0 Å². The first-order valence-corrected chi connectivity index (χ1v) is 8.19. The van der Waals surface area contributed by atoms with Gasteiger partial charge in [-0.3, -0.25) is 4.90 Å². The molecule has 0 radical (unpaired) electrons. The van der Waals surface area contributed by atoms with Crippen LogP contribution in [-0.4, -0.2) is 36.1 Å². The number of furan rings is 1. The second kappa shape index (κ2) is 6.52. The fourth-order valence-corrected chi connectivity index (χ4v) is 3.71. The highest BCUT2D eigenvalue weighted by atomic mass is 32.1. The Morgan fingerprint density at radius 2 is 2.30 bits per heavy atom. The van der Waals surface area contributed by atoms with E-state index in [2.05, 4.69) is 22.5 Å². The van der Waals surface area contributed by atoms with Gasteiger partial charge in [-0.15, -0.1) is 11.3 Å². The molecule has 4 nitrogen and oxygen atoms in total. The van der Waals surface area contributed by atoms with Gasteiger partial charge in [-0.1, -0.05) is 13.3 Å². The van der Waals surface area contributed by atoms with Crippen molar-refractivity contribution in [1.29, 1.82) is 0 Å². The molecule has 1 atom stereocenters. The molecular formula is C15H21N3OS. The maximum atomic E-state index is 5.15. The molecule has 0 amide bonds. The van der Waals surface area contributed by atoms with Gasteiger partial charge in [-0.25, -0.2) is 4.98 Å². The second-order valence-corrected chi connectivity index (χ2v) is 6.06. The summed E-state index contributed by atoms with van der Waals surface area (Å²) in [5.74, 6) is 0. The van der Waals surface area contributed by atoms with E-state index in [1.807, 2.05) is 6.07 Å². The Labute approximate surface area is 123 Å². The van der Waals surface area contributed by atoms with Crippen molar-refractivity contribution in [2.24, 2.45) is 0 Å². The molecule has 1 unspecified atom stereocenters. The van der Waals surface area contributed by atoms with Crippen LogP contribution in [0.1, 0.15) is 30.8 Å². The molecular weight excluding hydrogens is 270 g/mol. The molecule has 1 fully saturated rings. The van der Waals surface area contributed by atoms with Crippen LogP contribution in [0.2, 0.25) is 0 Å². The third-order valence-corrected chi connectivity index (χ3v) is 4.72. The van der Waals surface area contributed by atoms with E-state index in [1.54, 1.807) is 23.9 Å². The van der Waals surface area contributed by atoms with Gasteiger partial charge in [0.1, 0.15) is 5.01 Å².